The molecule has 0 amide bonds. The van der Waals surface area contributed by atoms with Crippen molar-refractivity contribution in [3.05, 3.63) is 5.89 Å². The Balaban J connectivity index is 1.67. The molecule has 1 heterocycles. The summed E-state index contributed by atoms with van der Waals surface area (Å²) in [6, 6.07) is 0. The van der Waals surface area contributed by atoms with Gasteiger partial charge >= 0.3 is 0 Å². The number of anilines is 1. The van der Waals surface area contributed by atoms with E-state index < -0.39 is 0 Å². The summed E-state index contributed by atoms with van der Waals surface area (Å²) in [5.74, 6) is 1.93. The third-order valence-corrected chi connectivity index (χ3v) is 5.75. The average Bonchev–Trinajstić information content (AvgIpc) is 2.56. The highest BCUT2D eigenvalue weighted by Gasteiger charge is 2.60. The third kappa shape index (κ3) is 1.79. The second kappa shape index (κ2) is 3.33. The number of nitrogen functional groups attached to an aromatic ring is 1. The lowest BCUT2D eigenvalue weighted by Gasteiger charge is -2.65. The molecule has 5 rings (SSSR count). The Kier molecular flexibility index (Phi) is 2.06. The SMILES string of the molecule is CC12CC3CC(C)(C1)CC(Cc1nc(N)no1)(C3)C2. The van der Waals surface area contributed by atoms with Crippen molar-refractivity contribution >= 4 is 5.95 Å². The van der Waals surface area contributed by atoms with Crippen molar-refractivity contribution in [1.82, 2.24) is 10.1 Å². The van der Waals surface area contributed by atoms with Crippen molar-refractivity contribution in [2.45, 2.75) is 58.8 Å². The first-order chi connectivity index (χ1) is 8.88. The molecule has 4 nitrogen and oxygen atoms in total. The summed E-state index contributed by atoms with van der Waals surface area (Å²) in [4.78, 5) is 4.23. The van der Waals surface area contributed by atoms with Crippen LogP contribution in [0.2, 0.25) is 0 Å². The van der Waals surface area contributed by atoms with E-state index in [1.807, 2.05) is 0 Å². The first kappa shape index (κ1) is 11.7. The number of nitrogens with two attached hydrogens (primary N) is 1. The van der Waals surface area contributed by atoms with Gasteiger partial charge in [-0.15, -0.1) is 0 Å². The second-order valence-electron chi connectivity index (χ2n) is 8.35. The lowest BCUT2D eigenvalue weighted by molar-refractivity contribution is -0.146. The van der Waals surface area contributed by atoms with Gasteiger partial charge in [-0.1, -0.05) is 13.8 Å². The minimum Gasteiger partial charge on any atom is -0.365 e. The van der Waals surface area contributed by atoms with Gasteiger partial charge in [-0.3, -0.25) is 0 Å². The molecule has 1 aromatic rings. The molecule has 4 aliphatic carbocycles. The van der Waals surface area contributed by atoms with Crippen molar-refractivity contribution in [2.24, 2.45) is 22.2 Å². The smallest absolute Gasteiger partial charge is 0.260 e. The third-order valence-electron chi connectivity index (χ3n) is 5.75. The highest BCUT2D eigenvalue weighted by molar-refractivity contribution is 5.15. The molecule has 0 aliphatic heterocycles. The second-order valence-corrected chi connectivity index (χ2v) is 8.35. The summed E-state index contributed by atoms with van der Waals surface area (Å²) >= 11 is 0. The van der Waals surface area contributed by atoms with Crippen LogP contribution in [0.15, 0.2) is 4.52 Å². The summed E-state index contributed by atoms with van der Waals surface area (Å²) in [5.41, 5.74) is 7.06. The number of aromatic nitrogens is 2. The average molecular weight is 261 g/mol. The number of nitrogens with zero attached hydrogens (tertiary/aromatic N) is 2. The van der Waals surface area contributed by atoms with E-state index in [2.05, 4.69) is 24.0 Å². The number of hydrogen-bond donors (Lipinski definition) is 1. The molecule has 4 saturated carbocycles. The van der Waals surface area contributed by atoms with Crippen LogP contribution in [0.3, 0.4) is 0 Å². The fourth-order valence-electron chi connectivity index (χ4n) is 6.54. The number of hydrogen-bond acceptors (Lipinski definition) is 4. The fraction of sp³-hybridized carbons (Fsp3) is 0.867. The molecule has 4 aliphatic rings. The van der Waals surface area contributed by atoms with Crippen molar-refractivity contribution < 1.29 is 4.52 Å². The summed E-state index contributed by atoms with van der Waals surface area (Å²) in [6.45, 7) is 4.99. The van der Waals surface area contributed by atoms with Crippen LogP contribution in [0.1, 0.15) is 58.3 Å². The molecule has 4 heteroatoms. The molecule has 0 spiro atoms. The van der Waals surface area contributed by atoms with Crippen LogP contribution in [0.5, 0.6) is 0 Å². The zero-order chi connectivity index (χ0) is 13.3. The minimum atomic E-state index is 0.275. The summed E-state index contributed by atoms with van der Waals surface area (Å²) in [6.07, 6.45) is 9.19. The van der Waals surface area contributed by atoms with Gasteiger partial charge in [-0.05, 0) is 65.8 Å². The molecule has 0 aromatic carbocycles. The van der Waals surface area contributed by atoms with Crippen molar-refractivity contribution in [2.75, 3.05) is 5.73 Å². The van der Waals surface area contributed by atoms with Gasteiger partial charge in [-0.25, -0.2) is 0 Å². The lowest BCUT2D eigenvalue weighted by Crippen LogP contribution is -2.55. The summed E-state index contributed by atoms with van der Waals surface area (Å²) < 4.78 is 5.28. The Bertz CT molecular complexity index is 505. The summed E-state index contributed by atoms with van der Waals surface area (Å²) in [5, 5.41) is 3.74. The molecule has 104 valence electrons. The Labute approximate surface area is 114 Å². The predicted molar refractivity (Wildman–Crippen MR) is 72.3 cm³/mol. The Morgan fingerprint density at radius 2 is 1.84 bits per heavy atom. The monoisotopic (exact) mass is 261 g/mol. The summed E-state index contributed by atoms with van der Waals surface area (Å²) in [7, 11) is 0. The molecule has 19 heavy (non-hydrogen) atoms. The maximum Gasteiger partial charge on any atom is 0.260 e. The quantitative estimate of drug-likeness (QED) is 0.888. The van der Waals surface area contributed by atoms with E-state index in [0.29, 0.717) is 16.2 Å². The molecule has 4 bridgehead atoms. The molecular weight excluding hydrogens is 238 g/mol. The minimum absolute atomic E-state index is 0.275. The van der Waals surface area contributed by atoms with E-state index in [0.717, 1.165) is 18.2 Å². The van der Waals surface area contributed by atoms with Crippen LogP contribution < -0.4 is 5.73 Å². The fourth-order valence-corrected chi connectivity index (χ4v) is 6.54. The van der Waals surface area contributed by atoms with Gasteiger partial charge < -0.3 is 10.3 Å². The van der Waals surface area contributed by atoms with Gasteiger partial charge in [0, 0.05) is 6.42 Å². The van der Waals surface area contributed by atoms with E-state index in [1.165, 1.54) is 38.5 Å². The van der Waals surface area contributed by atoms with Crippen LogP contribution in [0.25, 0.3) is 0 Å². The van der Waals surface area contributed by atoms with E-state index in [1.54, 1.807) is 0 Å². The molecule has 2 N–H and O–H groups in total. The van der Waals surface area contributed by atoms with Gasteiger partial charge in [0.05, 0.1) is 0 Å². The molecule has 0 radical (unpaired) electrons. The van der Waals surface area contributed by atoms with Gasteiger partial charge in [0.2, 0.25) is 5.89 Å². The maximum absolute atomic E-state index is 5.58. The van der Waals surface area contributed by atoms with Gasteiger partial charge in [0.15, 0.2) is 0 Å². The normalized spacial score (nSPS) is 47.8. The predicted octanol–water partition coefficient (Wildman–Crippen LogP) is 3.19. The van der Waals surface area contributed by atoms with E-state index in [-0.39, 0.29) is 5.95 Å². The topological polar surface area (TPSA) is 64.9 Å². The van der Waals surface area contributed by atoms with Crippen LogP contribution in [0, 0.1) is 22.2 Å². The van der Waals surface area contributed by atoms with Crippen LogP contribution in [-0.4, -0.2) is 10.1 Å². The largest absolute Gasteiger partial charge is 0.365 e. The molecule has 2 atom stereocenters. The first-order valence-electron chi connectivity index (χ1n) is 7.46. The zero-order valence-electron chi connectivity index (χ0n) is 11.9. The van der Waals surface area contributed by atoms with E-state index >= 15 is 0 Å². The van der Waals surface area contributed by atoms with Gasteiger partial charge in [0.1, 0.15) is 0 Å². The Hall–Kier alpha value is -1.06. The van der Waals surface area contributed by atoms with E-state index in [9.17, 15) is 0 Å². The maximum atomic E-state index is 5.58. The van der Waals surface area contributed by atoms with Gasteiger partial charge in [-0.2, -0.15) is 4.98 Å². The van der Waals surface area contributed by atoms with Crippen molar-refractivity contribution in [3.63, 3.8) is 0 Å². The molecule has 2 unspecified atom stereocenters. The Morgan fingerprint density at radius 3 is 2.37 bits per heavy atom. The molecule has 1 aromatic heterocycles. The molecule has 4 fully saturated rings. The highest BCUT2D eigenvalue weighted by Crippen LogP contribution is 2.70. The van der Waals surface area contributed by atoms with Crippen molar-refractivity contribution in [1.29, 1.82) is 0 Å². The van der Waals surface area contributed by atoms with E-state index in [4.69, 9.17) is 10.3 Å². The highest BCUT2D eigenvalue weighted by atomic mass is 16.5. The van der Waals surface area contributed by atoms with Gasteiger partial charge in [0.25, 0.3) is 5.95 Å². The Morgan fingerprint density at radius 1 is 1.16 bits per heavy atom. The van der Waals surface area contributed by atoms with Crippen molar-refractivity contribution in [3.8, 4) is 0 Å². The van der Waals surface area contributed by atoms with Crippen LogP contribution in [-0.2, 0) is 6.42 Å². The standard InChI is InChI=1S/C15H23N3O/c1-13-3-10-4-14(2,7-13)9-15(5-10,8-13)6-11-17-12(16)18-19-11/h10H,3-9H2,1-2H3,(H2,16,18). The lowest BCUT2D eigenvalue weighted by atomic mass is 9.40. The van der Waals surface area contributed by atoms with Crippen LogP contribution in [0.4, 0.5) is 5.95 Å². The number of rotatable bonds is 2. The first-order valence-corrected chi connectivity index (χ1v) is 7.46. The van der Waals surface area contributed by atoms with Crippen LogP contribution >= 0.6 is 0 Å². The molecule has 0 saturated heterocycles. The molecular formula is C15H23N3O. The zero-order valence-corrected chi connectivity index (χ0v) is 11.9.